The quantitative estimate of drug-likeness (QED) is 0.775. The van der Waals surface area contributed by atoms with E-state index in [1.165, 1.54) is 12.1 Å². The number of aromatic nitrogens is 3. The van der Waals surface area contributed by atoms with Crippen molar-refractivity contribution in [2.45, 2.75) is 42.3 Å². The van der Waals surface area contributed by atoms with E-state index in [9.17, 15) is 13.2 Å². The lowest BCUT2D eigenvalue weighted by Crippen LogP contribution is -2.40. The van der Waals surface area contributed by atoms with Crippen LogP contribution in [0.4, 0.5) is 24.8 Å². The third kappa shape index (κ3) is 4.67. The Bertz CT molecular complexity index is 821. The first kappa shape index (κ1) is 20.7. The van der Waals surface area contributed by atoms with Crippen molar-refractivity contribution in [1.29, 1.82) is 0 Å². The van der Waals surface area contributed by atoms with Crippen molar-refractivity contribution in [1.82, 2.24) is 15.0 Å². The summed E-state index contributed by atoms with van der Waals surface area (Å²) in [4.78, 5) is 14.1. The second-order valence-electron chi connectivity index (χ2n) is 7.20. The van der Waals surface area contributed by atoms with Crippen molar-refractivity contribution < 1.29 is 13.2 Å². The molecule has 1 aliphatic rings. The molecule has 1 saturated heterocycles. The number of piperidine rings is 1. The van der Waals surface area contributed by atoms with Crippen LogP contribution in [0.15, 0.2) is 34.4 Å². The molecule has 0 saturated carbocycles. The van der Waals surface area contributed by atoms with Gasteiger partial charge in [-0.1, -0.05) is 18.7 Å². The zero-order valence-electron chi connectivity index (χ0n) is 15.5. The molecule has 0 atom stereocenters. The fourth-order valence-corrected chi connectivity index (χ4v) is 4.15. The maximum Gasteiger partial charge on any atom is 0.434 e. The summed E-state index contributed by atoms with van der Waals surface area (Å²) >= 11 is 0.816. The zero-order chi connectivity index (χ0) is 20.4. The average molecular weight is 412 g/mol. The summed E-state index contributed by atoms with van der Waals surface area (Å²) in [6, 6.07) is 2.79. The molecule has 28 heavy (non-hydrogen) atoms. The second-order valence-corrected chi connectivity index (χ2v) is 8.24. The molecule has 3 rings (SSSR count). The fourth-order valence-electron chi connectivity index (χ4n) is 3.28. The Hall–Kier alpha value is -2.07. The van der Waals surface area contributed by atoms with E-state index < -0.39 is 11.9 Å². The van der Waals surface area contributed by atoms with E-state index in [-0.39, 0.29) is 21.2 Å². The third-order valence-corrected chi connectivity index (χ3v) is 6.10. The van der Waals surface area contributed by atoms with Gasteiger partial charge in [-0.3, -0.25) is 4.98 Å². The Kier molecular flexibility index (Phi) is 5.99. The topological polar surface area (TPSA) is 94.0 Å². The van der Waals surface area contributed by atoms with Gasteiger partial charge in [0.15, 0.2) is 11.5 Å². The van der Waals surface area contributed by atoms with E-state index >= 15 is 0 Å². The van der Waals surface area contributed by atoms with E-state index in [1.807, 2.05) is 0 Å². The Morgan fingerprint density at radius 3 is 2.57 bits per heavy atom. The molecule has 0 aromatic carbocycles. The van der Waals surface area contributed by atoms with Crippen LogP contribution < -0.4 is 16.4 Å². The number of alkyl halides is 3. The highest BCUT2D eigenvalue weighted by molar-refractivity contribution is 7.99. The lowest BCUT2D eigenvalue weighted by molar-refractivity contribution is -0.143. The number of anilines is 2. The number of hydrogen-bond acceptors (Lipinski definition) is 7. The van der Waals surface area contributed by atoms with Gasteiger partial charge in [-0.05, 0) is 43.4 Å². The van der Waals surface area contributed by atoms with Crippen molar-refractivity contribution in [3.63, 3.8) is 0 Å². The number of nitrogen functional groups attached to an aromatic ring is 1. The van der Waals surface area contributed by atoms with E-state index in [0.717, 1.165) is 50.3 Å². The lowest BCUT2D eigenvalue weighted by Gasteiger charge is -2.39. The van der Waals surface area contributed by atoms with Crippen LogP contribution in [0.1, 0.15) is 31.9 Å². The van der Waals surface area contributed by atoms with Crippen molar-refractivity contribution in [3.05, 3.63) is 30.2 Å². The summed E-state index contributed by atoms with van der Waals surface area (Å²) < 4.78 is 39.4. The number of nitrogens with zero attached hydrogens (tertiary/aromatic N) is 4. The van der Waals surface area contributed by atoms with Crippen LogP contribution in [-0.4, -0.2) is 34.6 Å². The monoisotopic (exact) mass is 412 g/mol. The highest BCUT2D eigenvalue weighted by Crippen LogP contribution is 2.39. The first-order valence-corrected chi connectivity index (χ1v) is 9.81. The fraction of sp³-hybridized carbons (Fsp3) is 0.500. The van der Waals surface area contributed by atoms with Gasteiger partial charge in [0, 0.05) is 24.2 Å². The molecule has 10 heteroatoms. The van der Waals surface area contributed by atoms with Gasteiger partial charge in [0.05, 0.1) is 6.20 Å². The van der Waals surface area contributed by atoms with E-state index in [4.69, 9.17) is 11.5 Å². The Balaban J connectivity index is 1.74. The lowest BCUT2D eigenvalue weighted by atomic mass is 9.77. The van der Waals surface area contributed by atoms with Gasteiger partial charge in [0.25, 0.3) is 0 Å². The summed E-state index contributed by atoms with van der Waals surface area (Å²) in [6.07, 6.45) is 1.10. The van der Waals surface area contributed by atoms with E-state index in [1.54, 1.807) is 6.20 Å². The normalized spacial score (nSPS) is 17.0. The Morgan fingerprint density at radius 1 is 1.25 bits per heavy atom. The number of halogens is 3. The van der Waals surface area contributed by atoms with Crippen molar-refractivity contribution in [2.75, 3.05) is 30.3 Å². The molecular formula is C18H23F3N6S. The minimum Gasteiger partial charge on any atom is -0.381 e. The predicted molar refractivity (Wildman–Crippen MR) is 103 cm³/mol. The first-order valence-electron chi connectivity index (χ1n) is 8.99. The molecule has 1 fully saturated rings. The van der Waals surface area contributed by atoms with Crippen LogP contribution in [0.5, 0.6) is 0 Å². The minimum atomic E-state index is -4.55. The van der Waals surface area contributed by atoms with Gasteiger partial charge in [-0.15, -0.1) is 0 Å². The molecule has 2 aromatic heterocycles. The van der Waals surface area contributed by atoms with Gasteiger partial charge >= 0.3 is 6.18 Å². The molecule has 3 heterocycles. The molecule has 1 aliphatic heterocycles. The number of nitrogens with two attached hydrogens (primary N) is 2. The van der Waals surface area contributed by atoms with Crippen LogP contribution in [0.3, 0.4) is 0 Å². The van der Waals surface area contributed by atoms with Crippen LogP contribution in [0.2, 0.25) is 0 Å². The van der Waals surface area contributed by atoms with Gasteiger partial charge in [0.2, 0.25) is 0 Å². The molecule has 0 amide bonds. The highest BCUT2D eigenvalue weighted by atomic mass is 32.2. The second kappa shape index (κ2) is 8.12. The first-order chi connectivity index (χ1) is 13.2. The SMILES string of the molecule is CC1(CCN)CCN(c2cnc(Sc3cccnc3C(F)(F)F)c(N)n2)CC1. The standard InChI is InChI=1S/C18H23F3N6S/c1-17(4-7-22)5-9-27(10-6-17)13-11-25-16(15(23)26-13)28-12-3-2-8-24-14(12)18(19,20)21/h2-3,8,11H,4-7,9-10,22H2,1H3,(H2,23,26). The molecule has 0 bridgehead atoms. The predicted octanol–water partition coefficient (Wildman–Crippen LogP) is 3.58. The molecule has 0 unspecified atom stereocenters. The molecule has 0 spiro atoms. The summed E-state index contributed by atoms with van der Waals surface area (Å²) in [5, 5.41) is 0.229. The highest BCUT2D eigenvalue weighted by Gasteiger charge is 2.36. The number of pyridine rings is 1. The summed E-state index contributed by atoms with van der Waals surface area (Å²) in [6.45, 7) is 4.54. The van der Waals surface area contributed by atoms with Gasteiger partial charge in [-0.2, -0.15) is 13.2 Å². The van der Waals surface area contributed by atoms with Crippen LogP contribution in [0, 0.1) is 5.41 Å². The van der Waals surface area contributed by atoms with E-state index in [2.05, 4.69) is 26.8 Å². The van der Waals surface area contributed by atoms with Crippen molar-refractivity contribution in [3.8, 4) is 0 Å². The van der Waals surface area contributed by atoms with Crippen molar-refractivity contribution in [2.24, 2.45) is 11.1 Å². The number of rotatable bonds is 5. The smallest absolute Gasteiger partial charge is 0.381 e. The Labute approximate surface area is 165 Å². The van der Waals surface area contributed by atoms with Crippen LogP contribution in [-0.2, 0) is 6.18 Å². The zero-order valence-corrected chi connectivity index (χ0v) is 16.4. The molecular weight excluding hydrogens is 389 g/mol. The molecule has 6 nitrogen and oxygen atoms in total. The molecule has 152 valence electrons. The van der Waals surface area contributed by atoms with Crippen molar-refractivity contribution >= 4 is 23.4 Å². The maximum absolute atomic E-state index is 13.1. The number of hydrogen-bond donors (Lipinski definition) is 2. The Morgan fingerprint density at radius 2 is 1.96 bits per heavy atom. The summed E-state index contributed by atoms with van der Waals surface area (Å²) in [7, 11) is 0. The van der Waals surface area contributed by atoms with E-state index in [0.29, 0.717) is 12.4 Å². The minimum absolute atomic E-state index is 0.0562. The van der Waals surface area contributed by atoms with Gasteiger partial charge in [0.1, 0.15) is 10.8 Å². The van der Waals surface area contributed by atoms with Gasteiger partial charge in [-0.25, -0.2) is 9.97 Å². The molecule has 4 N–H and O–H groups in total. The summed E-state index contributed by atoms with van der Waals surface area (Å²) in [5.41, 5.74) is 11.0. The maximum atomic E-state index is 13.1. The average Bonchev–Trinajstić information content (AvgIpc) is 2.64. The summed E-state index contributed by atoms with van der Waals surface area (Å²) in [5.74, 6) is 0.744. The largest absolute Gasteiger partial charge is 0.434 e. The molecule has 0 aliphatic carbocycles. The van der Waals surface area contributed by atoms with Gasteiger partial charge < -0.3 is 16.4 Å². The third-order valence-electron chi connectivity index (χ3n) is 5.04. The molecule has 2 aromatic rings. The van der Waals surface area contributed by atoms with Crippen LogP contribution in [0.25, 0.3) is 0 Å². The molecule has 0 radical (unpaired) electrons. The van der Waals surface area contributed by atoms with Crippen LogP contribution >= 0.6 is 11.8 Å².